The van der Waals surface area contributed by atoms with E-state index < -0.39 is 0 Å². The van der Waals surface area contributed by atoms with E-state index in [-0.39, 0.29) is 6.03 Å². The number of carbonyl (C=O) groups is 1. The van der Waals surface area contributed by atoms with E-state index in [4.69, 9.17) is 0 Å². The van der Waals surface area contributed by atoms with E-state index in [2.05, 4.69) is 5.32 Å². The van der Waals surface area contributed by atoms with Crippen molar-refractivity contribution < 1.29 is 4.79 Å². The van der Waals surface area contributed by atoms with E-state index in [1.165, 1.54) is 0 Å². The van der Waals surface area contributed by atoms with Crippen LogP contribution >= 0.6 is 0 Å². The fourth-order valence-electron chi connectivity index (χ4n) is 2.15. The SMILES string of the molecule is CCN1CC[C@@H]2CNCCN2C1=O. The Morgan fingerprint density at radius 1 is 1.54 bits per heavy atom. The van der Waals surface area contributed by atoms with Gasteiger partial charge >= 0.3 is 6.03 Å². The Morgan fingerprint density at radius 2 is 2.38 bits per heavy atom. The van der Waals surface area contributed by atoms with Crippen LogP contribution in [0.4, 0.5) is 4.79 Å². The van der Waals surface area contributed by atoms with Crippen LogP contribution in [0.1, 0.15) is 13.3 Å². The summed E-state index contributed by atoms with van der Waals surface area (Å²) in [6.07, 6.45) is 1.12. The van der Waals surface area contributed by atoms with Gasteiger partial charge in [-0.15, -0.1) is 0 Å². The molecule has 4 nitrogen and oxygen atoms in total. The lowest BCUT2D eigenvalue weighted by molar-refractivity contribution is 0.0880. The summed E-state index contributed by atoms with van der Waals surface area (Å²) >= 11 is 0. The lowest BCUT2D eigenvalue weighted by Gasteiger charge is -2.43. The molecule has 0 spiro atoms. The minimum atomic E-state index is 0.236. The van der Waals surface area contributed by atoms with E-state index in [0.29, 0.717) is 6.04 Å². The first-order valence-electron chi connectivity index (χ1n) is 5.09. The summed E-state index contributed by atoms with van der Waals surface area (Å²) in [5, 5.41) is 3.32. The molecule has 0 saturated carbocycles. The van der Waals surface area contributed by atoms with Crippen LogP contribution in [0, 0.1) is 0 Å². The summed E-state index contributed by atoms with van der Waals surface area (Å²) in [7, 11) is 0. The number of nitrogens with one attached hydrogen (secondary N) is 1. The third-order valence-electron chi connectivity index (χ3n) is 2.98. The molecule has 13 heavy (non-hydrogen) atoms. The Morgan fingerprint density at radius 3 is 3.15 bits per heavy atom. The van der Waals surface area contributed by atoms with Gasteiger partial charge < -0.3 is 15.1 Å². The highest BCUT2D eigenvalue weighted by atomic mass is 16.2. The molecule has 2 rings (SSSR count). The Balaban J connectivity index is 2.05. The van der Waals surface area contributed by atoms with Gasteiger partial charge in [-0.1, -0.05) is 0 Å². The second kappa shape index (κ2) is 3.54. The van der Waals surface area contributed by atoms with Gasteiger partial charge in [0.2, 0.25) is 0 Å². The fourth-order valence-corrected chi connectivity index (χ4v) is 2.15. The molecule has 0 radical (unpaired) electrons. The molecule has 1 N–H and O–H groups in total. The third kappa shape index (κ3) is 1.50. The van der Waals surface area contributed by atoms with Crippen LogP contribution in [0.5, 0.6) is 0 Å². The minimum Gasteiger partial charge on any atom is -0.325 e. The van der Waals surface area contributed by atoms with Gasteiger partial charge in [-0.2, -0.15) is 0 Å². The van der Waals surface area contributed by atoms with Crippen LogP contribution in [0.2, 0.25) is 0 Å². The maximum atomic E-state index is 11.8. The summed E-state index contributed by atoms with van der Waals surface area (Å²) in [5.41, 5.74) is 0. The molecule has 2 amide bonds. The Labute approximate surface area is 78.9 Å². The number of hydrogen-bond donors (Lipinski definition) is 1. The molecule has 2 aliphatic heterocycles. The molecular weight excluding hydrogens is 166 g/mol. The van der Waals surface area contributed by atoms with Gasteiger partial charge in [0.25, 0.3) is 0 Å². The molecule has 74 valence electrons. The zero-order valence-corrected chi connectivity index (χ0v) is 8.12. The maximum Gasteiger partial charge on any atom is 0.320 e. The quantitative estimate of drug-likeness (QED) is 0.626. The standard InChI is InChI=1S/C9H17N3O/c1-2-11-5-3-8-7-10-4-6-12(8)9(11)13/h8,10H,2-7H2,1H3/t8-/m1/s1. The van der Waals surface area contributed by atoms with Gasteiger partial charge in [-0.3, -0.25) is 0 Å². The summed E-state index contributed by atoms with van der Waals surface area (Å²) in [6, 6.07) is 0.685. The molecule has 2 fully saturated rings. The first-order chi connectivity index (χ1) is 6.33. The number of nitrogens with zero attached hydrogens (tertiary/aromatic N) is 2. The average molecular weight is 183 g/mol. The number of amides is 2. The van der Waals surface area contributed by atoms with Crippen molar-refractivity contribution >= 4 is 6.03 Å². The van der Waals surface area contributed by atoms with Gasteiger partial charge in [-0.05, 0) is 13.3 Å². The maximum absolute atomic E-state index is 11.8. The van der Waals surface area contributed by atoms with E-state index in [9.17, 15) is 4.79 Å². The smallest absolute Gasteiger partial charge is 0.320 e. The van der Waals surface area contributed by atoms with Crippen LogP contribution in [0.25, 0.3) is 0 Å². The second-order valence-corrected chi connectivity index (χ2v) is 3.70. The normalized spacial score (nSPS) is 29.0. The van der Waals surface area contributed by atoms with Crippen molar-refractivity contribution in [2.24, 2.45) is 0 Å². The Kier molecular flexibility index (Phi) is 2.40. The molecule has 4 heteroatoms. The van der Waals surface area contributed by atoms with E-state index in [1.807, 2.05) is 16.7 Å². The summed E-state index contributed by atoms with van der Waals surface area (Å²) in [6.45, 7) is 6.61. The van der Waals surface area contributed by atoms with Crippen LogP contribution in [0.15, 0.2) is 0 Å². The van der Waals surface area contributed by atoms with Crippen LogP contribution in [-0.4, -0.2) is 54.6 Å². The summed E-state index contributed by atoms with van der Waals surface area (Å²) in [5.74, 6) is 0. The fraction of sp³-hybridized carbons (Fsp3) is 0.889. The van der Waals surface area contributed by atoms with E-state index in [1.54, 1.807) is 0 Å². The highest BCUT2D eigenvalue weighted by Gasteiger charge is 2.33. The zero-order chi connectivity index (χ0) is 9.26. The lowest BCUT2D eigenvalue weighted by Crippen LogP contribution is -2.61. The molecule has 0 aromatic carbocycles. The second-order valence-electron chi connectivity index (χ2n) is 3.70. The molecular formula is C9H17N3O. The largest absolute Gasteiger partial charge is 0.325 e. The highest BCUT2D eigenvalue weighted by Crippen LogP contribution is 2.16. The number of piperazine rings is 1. The van der Waals surface area contributed by atoms with Crippen LogP contribution < -0.4 is 5.32 Å². The average Bonchev–Trinajstić information content (AvgIpc) is 2.19. The van der Waals surface area contributed by atoms with Gasteiger partial charge in [0, 0.05) is 38.8 Å². The van der Waals surface area contributed by atoms with Crippen molar-refractivity contribution in [1.82, 2.24) is 15.1 Å². The first-order valence-corrected chi connectivity index (χ1v) is 5.09. The molecule has 0 aliphatic carbocycles. The van der Waals surface area contributed by atoms with Crippen molar-refractivity contribution in [2.45, 2.75) is 19.4 Å². The predicted octanol–water partition coefficient (Wildman–Crippen LogP) is 0.106. The molecule has 0 aromatic rings. The number of hydrogen-bond acceptors (Lipinski definition) is 2. The van der Waals surface area contributed by atoms with Crippen LogP contribution in [0.3, 0.4) is 0 Å². The van der Waals surface area contributed by atoms with E-state index >= 15 is 0 Å². The molecule has 2 aliphatic rings. The Bertz CT molecular complexity index is 207. The van der Waals surface area contributed by atoms with Gasteiger partial charge in [-0.25, -0.2) is 4.79 Å². The number of carbonyl (C=O) groups excluding carboxylic acids is 1. The Hall–Kier alpha value is -0.770. The number of rotatable bonds is 1. The zero-order valence-electron chi connectivity index (χ0n) is 8.12. The number of fused-ring (bicyclic) bond motifs is 1. The van der Waals surface area contributed by atoms with Gasteiger partial charge in [0.1, 0.15) is 0 Å². The van der Waals surface area contributed by atoms with Crippen molar-refractivity contribution in [3.63, 3.8) is 0 Å². The monoisotopic (exact) mass is 183 g/mol. The van der Waals surface area contributed by atoms with Crippen molar-refractivity contribution in [1.29, 1.82) is 0 Å². The van der Waals surface area contributed by atoms with Crippen molar-refractivity contribution in [3.05, 3.63) is 0 Å². The van der Waals surface area contributed by atoms with Gasteiger partial charge in [0.15, 0.2) is 0 Å². The van der Waals surface area contributed by atoms with Crippen molar-refractivity contribution in [3.8, 4) is 0 Å². The van der Waals surface area contributed by atoms with Crippen LogP contribution in [-0.2, 0) is 0 Å². The number of urea groups is 1. The van der Waals surface area contributed by atoms with Crippen molar-refractivity contribution in [2.75, 3.05) is 32.7 Å². The third-order valence-corrected chi connectivity index (χ3v) is 2.98. The van der Waals surface area contributed by atoms with E-state index in [0.717, 1.165) is 39.1 Å². The first kappa shape index (κ1) is 8.81. The summed E-state index contributed by atoms with van der Waals surface area (Å²) < 4.78 is 0. The lowest BCUT2D eigenvalue weighted by atomic mass is 10.1. The molecule has 2 saturated heterocycles. The summed E-state index contributed by atoms with van der Waals surface area (Å²) in [4.78, 5) is 15.8. The highest BCUT2D eigenvalue weighted by molar-refractivity contribution is 5.75. The molecule has 2 heterocycles. The molecule has 0 unspecified atom stereocenters. The predicted molar refractivity (Wildman–Crippen MR) is 50.6 cm³/mol. The molecule has 1 atom stereocenters. The topological polar surface area (TPSA) is 35.6 Å². The minimum absolute atomic E-state index is 0.236. The van der Waals surface area contributed by atoms with Gasteiger partial charge in [0.05, 0.1) is 0 Å². The molecule has 0 aromatic heterocycles. The molecule has 0 bridgehead atoms.